The molecule has 0 aliphatic heterocycles. The van der Waals surface area contributed by atoms with Gasteiger partial charge in [0.05, 0.1) is 14.4 Å². The van der Waals surface area contributed by atoms with Gasteiger partial charge in [-0.25, -0.2) is 0 Å². The highest BCUT2D eigenvalue weighted by atomic mass is 16.3. The van der Waals surface area contributed by atoms with Gasteiger partial charge < -0.3 is 5.11 Å². The van der Waals surface area contributed by atoms with Crippen molar-refractivity contribution in [2.24, 2.45) is 0 Å². The van der Waals surface area contributed by atoms with Crippen LogP contribution in [0.2, 0.25) is 0 Å². The van der Waals surface area contributed by atoms with Crippen LogP contribution >= 0.6 is 0 Å². The normalized spacial score (nSPS) is 20.7. The molecule has 1 aromatic carbocycles. The van der Waals surface area contributed by atoms with Crippen LogP contribution in [0.5, 0.6) is 5.75 Å². The minimum Gasteiger partial charge on any atom is -0.507 e. The number of hydrogen-bond donors (Lipinski definition) is 1. The van der Waals surface area contributed by atoms with Crippen LogP contribution in [-0.4, -0.2) is 6.54 Å². The first-order valence-electron chi connectivity index (χ1n) is 6.78. The van der Waals surface area contributed by atoms with Gasteiger partial charge in [-0.1, -0.05) is 0 Å². The second kappa shape index (κ2) is 2.63. The van der Waals surface area contributed by atoms with E-state index in [1.54, 1.807) is 0 Å². The van der Waals surface area contributed by atoms with Crippen molar-refractivity contribution in [2.75, 3.05) is 0 Å². The highest BCUT2D eigenvalue weighted by molar-refractivity contribution is 5.45. The molecule has 0 unspecified atom stereocenters. The van der Waals surface area contributed by atoms with Gasteiger partial charge >= 0.3 is 0 Å². The average Bonchev–Trinajstić information content (AvgIpc) is 2.25. The van der Waals surface area contributed by atoms with Crippen molar-refractivity contribution < 1.29 is 14.7 Å². The lowest BCUT2D eigenvalue weighted by Crippen LogP contribution is -1.83. The number of nitriles is 1. The summed E-state index contributed by atoms with van der Waals surface area (Å²) in [7, 11) is 0. The molecule has 0 radical (unpaired) electrons. The fourth-order valence-corrected chi connectivity index (χ4v) is 0.595. The van der Waals surface area contributed by atoms with E-state index in [1.165, 1.54) is 6.07 Å². The highest BCUT2D eigenvalue weighted by Crippen LogP contribution is 2.22. The summed E-state index contributed by atoms with van der Waals surface area (Å²) in [5.41, 5.74) is -1.78. The van der Waals surface area contributed by atoms with E-state index in [0.29, 0.717) is 0 Å². The molecule has 0 saturated carbocycles. The summed E-state index contributed by atoms with van der Waals surface area (Å²) >= 11 is 0. The quantitative estimate of drug-likeness (QED) is 0.673. The average molecular weight is 155 g/mol. The molecule has 11 heavy (non-hydrogen) atoms. The fourth-order valence-electron chi connectivity index (χ4n) is 0.595. The summed E-state index contributed by atoms with van der Waals surface area (Å²) in [6.45, 7) is -4.65. The van der Waals surface area contributed by atoms with Gasteiger partial charge in [-0.2, -0.15) is 5.26 Å². The second-order valence-electron chi connectivity index (χ2n) is 1.85. The number of phenolic OH excluding ortho intramolecular Hbond substituents is 1. The molecule has 1 N–H and O–H groups in total. The van der Waals surface area contributed by atoms with Crippen molar-refractivity contribution in [3.05, 3.63) is 28.8 Å². The summed E-state index contributed by atoms with van der Waals surface area (Å²) in [5, 5.41) is 13.0. The molecule has 0 aliphatic carbocycles. The zero-order chi connectivity index (χ0) is 15.0. The molecule has 2 heteroatoms. The molecule has 56 valence electrons. The van der Waals surface area contributed by atoms with Gasteiger partial charge in [-0.15, -0.1) is 0 Å². The summed E-state index contributed by atoms with van der Waals surface area (Å²) in [5.74, 6) is -0.691. The minimum atomic E-state index is -2.85. The number of nitrogens with zero attached hydrogens (tertiary/aromatic N) is 1. The smallest absolute Gasteiger partial charge is 0.293 e. The maximum atomic E-state index is 8.88. The lowest BCUT2D eigenvalue weighted by molar-refractivity contribution is 0.467. The highest BCUT2D eigenvalue weighted by Gasteiger charge is 2.01. The first kappa shape index (κ1) is 2.25. The molecule has 0 atom stereocenters. The molecule has 0 bridgehead atoms. The Kier molecular flexibility index (Phi) is 0.537. The zero-order valence-corrected chi connectivity index (χ0v) is 5.43. The lowest BCUT2D eigenvalue weighted by atomic mass is 10.1. The van der Waals surface area contributed by atoms with E-state index in [0.717, 1.165) is 0 Å². The maximum absolute atomic E-state index is 8.88. The lowest BCUT2D eigenvalue weighted by Gasteiger charge is -2.01. The summed E-state index contributed by atoms with van der Waals surface area (Å²) in [6.07, 6.45) is 0. The predicted octanol–water partition coefficient (Wildman–Crippen LogP) is 1.88. The fraction of sp³-hybridized carbons (Fsp3) is 0.222. The predicted molar refractivity (Wildman–Crippen MR) is 42.3 cm³/mol. The Morgan fingerprint density at radius 2 is 2.55 bits per heavy atom. The number of rotatable bonds is 1. The third kappa shape index (κ3) is 1.32. The number of aromatic hydroxyl groups is 1. The number of phenols is 1. The Balaban J connectivity index is 3.93. The van der Waals surface area contributed by atoms with Crippen molar-refractivity contribution >= 4 is 0 Å². The van der Waals surface area contributed by atoms with Gasteiger partial charge in [0.15, 0.2) is 0 Å². The topological polar surface area (TPSA) is 44.0 Å². The Morgan fingerprint density at radius 1 is 1.73 bits per heavy atom. The van der Waals surface area contributed by atoms with Crippen LogP contribution < -0.4 is 0 Å². The van der Waals surface area contributed by atoms with Gasteiger partial charge in [0.1, 0.15) is 5.75 Å². The third-order valence-electron chi connectivity index (χ3n) is 1.09. The molecule has 1 aromatic rings. The largest absolute Gasteiger partial charge is 0.507 e. The molecule has 0 aromatic heterocycles. The molecular formula is C9H9NO. The van der Waals surface area contributed by atoms with E-state index in [4.69, 9.17) is 16.3 Å². The molecule has 0 aliphatic rings. The van der Waals surface area contributed by atoms with Crippen LogP contribution in [0.25, 0.3) is 0 Å². The van der Waals surface area contributed by atoms with Crippen LogP contribution in [0.15, 0.2) is 12.1 Å². The van der Waals surface area contributed by atoms with Crippen LogP contribution in [-0.2, 0) is 0 Å². The van der Waals surface area contributed by atoms with Crippen LogP contribution in [0, 0.1) is 25.1 Å². The zero-order valence-electron chi connectivity index (χ0n) is 13.4. The van der Waals surface area contributed by atoms with E-state index in [2.05, 4.69) is 5.11 Å². The standard InChI is InChI=1S/C9H9NO/c1-6-3-8(5-10)4-7(2)9(6)11/h3-4,11H,1-2H3/i1D2,2D3,3D,4D/hD. The van der Waals surface area contributed by atoms with Gasteiger partial charge in [0.2, 0.25) is 0 Å². The van der Waals surface area contributed by atoms with Crippen molar-refractivity contribution in [1.29, 1.82) is 6.69 Å². The van der Waals surface area contributed by atoms with E-state index in [1.807, 2.05) is 0 Å². The van der Waals surface area contributed by atoms with Crippen molar-refractivity contribution in [1.82, 2.24) is 0 Å². The Bertz CT molecular complexity index is 545. The van der Waals surface area contributed by atoms with Crippen molar-refractivity contribution in [3.63, 3.8) is 0 Å². The van der Waals surface area contributed by atoms with E-state index >= 15 is 0 Å². The van der Waals surface area contributed by atoms with Crippen LogP contribution in [0.1, 0.15) is 26.3 Å². The molecule has 0 saturated heterocycles. The third-order valence-corrected chi connectivity index (χ3v) is 1.09. The molecule has 1 rings (SSSR count). The molecule has 0 amide bonds. The van der Waals surface area contributed by atoms with Gasteiger partial charge in [-0.3, -0.25) is 0 Å². The Morgan fingerprint density at radius 3 is 3.09 bits per heavy atom. The Labute approximate surface area is 77.0 Å². The van der Waals surface area contributed by atoms with E-state index in [9.17, 15) is 0 Å². The molecule has 0 fully saturated rings. The second-order valence-corrected chi connectivity index (χ2v) is 1.85. The number of hydrogen-bond acceptors (Lipinski definition) is 2. The minimum absolute atomic E-state index is 0.506. The first-order chi connectivity index (χ1) is 8.66. The van der Waals surface area contributed by atoms with E-state index in [-0.39, 0.29) is 0 Å². The summed E-state index contributed by atoms with van der Waals surface area (Å²) < 4.78 is 58.6. The van der Waals surface area contributed by atoms with Crippen molar-refractivity contribution in [2.45, 2.75) is 13.7 Å². The summed E-state index contributed by atoms with van der Waals surface area (Å²) in [6, 6.07) is 0.150. The Hall–Kier alpha value is -1.49. The molecule has 2 nitrogen and oxygen atoms in total. The first-order valence-corrected chi connectivity index (χ1v) is 2.72. The van der Waals surface area contributed by atoms with Crippen LogP contribution in [0.4, 0.5) is 0 Å². The van der Waals surface area contributed by atoms with Gasteiger partial charge in [0.25, 0.3) is 1.43 Å². The monoisotopic (exact) mass is 155 g/mol. The van der Waals surface area contributed by atoms with Crippen LogP contribution in [0.3, 0.4) is 0 Å². The summed E-state index contributed by atoms with van der Waals surface area (Å²) in [4.78, 5) is 0. The molecule has 0 heterocycles. The SMILES string of the molecule is [2H]Oc1c(C([2H])[2H])c([2H])c(C#N)c([2H])c1C([2H])([2H])[2H]. The number of benzene rings is 1. The van der Waals surface area contributed by atoms with Gasteiger partial charge in [-0.05, 0) is 36.9 Å². The van der Waals surface area contributed by atoms with Crippen molar-refractivity contribution in [3.8, 4) is 11.8 Å². The van der Waals surface area contributed by atoms with Gasteiger partial charge in [0, 0.05) is 6.85 Å². The molecular weight excluding hydrogens is 138 g/mol. The molecule has 0 spiro atoms. The van der Waals surface area contributed by atoms with E-state index < -0.39 is 48.3 Å². The maximum Gasteiger partial charge on any atom is 0.293 e.